The normalized spacial score (nSPS) is 19.9. The largest absolute Gasteiger partial charge is 0.496 e. The van der Waals surface area contributed by atoms with Crippen LogP contribution < -0.4 is 10.1 Å². The average molecular weight is 289 g/mol. The van der Waals surface area contributed by atoms with Crippen LogP contribution in [0.4, 0.5) is 0 Å². The summed E-state index contributed by atoms with van der Waals surface area (Å²) < 4.78 is 5.51. The number of hydrogen-bond acceptors (Lipinski definition) is 5. The molecule has 0 unspecified atom stereocenters. The summed E-state index contributed by atoms with van der Waals surface area (Å²) in [5.41, 5.74) is 4.30. The Morgan fingerprint density at radius 3 is 3.15 bits per heavy atom. The molecule has 1 aliphatic rings. The molecule has 1 aromatic carbocycles. The number of methoxy groups -OCH3 is 1. The number of piperazine rings is 1. The van der Waals surface area contributed by atoms with Crippen LogP contribution in [0, 0.1) is 0 Å². The Kier molecular flexibility index (Phi) is 4.30. The van der Waals surface area contributed by atoms with Crippen molar-refractivity contribution in [2.24, 2.45) is 0 Å². The summed E-state index contributed by atoms with van der Waals surface area (Å²) in [6.07, 6.45) is 0. The van der Waals surface area contributed by atoms with E-state index >= 15 is 0 Å². The van der Waals surface area contributed by atoms with Crippen LogP contribution in [0.1, 0.15) is 17.3 Å². The number of benzene rings is 1. The fraction of sp³-hybridized carbons (Fsp3) is 0.400. The van der Waals surface area contributed by atoms with Gasteiger partial charge in [0.15, 0.2) is 0 Å². The van der Waals surface area contributed by atoms with Gasteiger partial charge in [0.05, 0.1) is 24.4 Å². The van der Waals surface area contributed by atoms with E-state index in [4.69, 9.17) is 4.74 Å². The number of nitrogens with one attached hydrogen (secondary N) is 1. The van der Waals surface area contributed by atoms with E-state index in [1.165, 1.54) is 5.56 Å². The standard InChI is InChI=1S/C15H19N3OS/c1-19-15-5-3-2-4-13(15)14-8-16-6-7-18(14)9-12-10-20-11-17-12/h2-5,10-11,14,16H,6-9H2,1H3/t14-/m0/s1. The van der Waals surface area contributed by atoms with Gasteiger partial charge in [-0.05, 0) is 6.07 Å². The van der Waals surface area contributed by atoms with E-state index in [0.29, 0.717) is 6.04 Å². The number of ether oxygens (including phenoxy) is 1. The Morgan fingerprint density at radius 2 is 2.35 bits per heavy atom. The van der Waals surface area contributed by atoms with Crippen LogP contribution in [0.15, 0.2) is 35.2 Å². The van der Waals surface area contributed by atoms with Gasteiger partial charge in [0, 0.05) is 37.1 Å². The monoisotopic (exact) mass is 289 g/mol. The minimum Gasteiger partial charge on any atom is -0.496 e. The summed E-state index contributed by atoms with van der Waals surface area (Å²) in [6.45, 7) is 3.90. The number of para-hydroxylation sites is 1. The molecule has 4 nitrogen and oxygen atoms in total. The van der Waals surface area contributed by atoms with Crippen molar-refractivity contribution < 1.29 is 4.74 Å². The van der Waals surface area contributed by atoms with Crippen LogP contribution in [-0.4, -0.2) is 36.6 Å². The molecular weight excluding hydrogens is 270 g/mol. The van der Waals surface area contributed by atoms with Gasteiger partial charge in [-0.1, -0.05) is 18.2 Å². The molecule has 0 amide bonds. The number of thiazole rings is 1. The molecule has 0 aliphatic carbocycles. The van der Waals surface area contributed by atoms with Crippen molar-refractivity contribution in [1.82, 2.24) is 15.2 Å². The SMILES string of the molecule is COc1ccccc1[C@@H]1CNCCN1Cc1cscn1. The minimum absolute atomic E-state index is 0.335. The van der Waals surface area contributed by atoms with Gasteiger partial charge < -0.3 is 10.1 Å². The average Bonchev–Trinajstić information content (AvgIpc) is 3.01. The summed E-state index contributed by atoms with van der Waals surface area (Å²) in [5, 5.41) is 5.61. The molecule has 0 bridgehead atoms. The number of rotatable bonds is 4. The van der Waals surface area contributed by atoms with Gasteiger partial charge in [-0.15, -0.1) is 11.3 Å². The van der Waals surface area contributed by atoms with Gasteiger partial charge >= 0.3 is 0 Å². The van der Waals surface area contributed by atoms with Crippen LogP contribution in [0.3, 0.4) is 0 Å². The fourth-order valence-electron chi connectivity index (χ4n) is 2.71. The quantitative estimate of drug-likeness (QED) is 0.937. The predicted octanol–water partition coefficient (Wildman–Crippen LogP) is 2.30. The zero-order chi connectivity index (χ0) is 13.8. The van der Waals surface area contributed by atoms with Crippen LogP contribution in [0.25, 0.3) is 0 Å². The van der Waals surface area contributed by atoms with Crippen molar-refractivity contribution >= 4 is 11.3 Å². The second kappa shape index (κ2) is 6.35. The zero-order valence-corrected chi connectivity index (χ0v) is 12.4. The van der Waals surface area contributed by atoms with E-state index in [0.717, 1.165) is 37.6 Å². The first kappa shape index (κ1) is 13.5. The summed E-state index contributed by atoms with van der Waals surface area (Å²) >= 11 is 1.65. The first-order valence-electron chi connectivity index (χ1n) is 6.83. The van der Waals surface area contributed by atoms with E-state index in [1.54, 1.807) is 18.4 Å². The highest BCUT2D eigenvalue weighted by Crippen LogP contribution is 2.30. The van der Waals surface area contributed by atoms with Crippen LogP contribution in [0.5, 0.6) is 5.75 Å². The second-order valence-corrected chi connectivity index (χ2v) is 5.63. The van der Waals surface area contributed by atoms with Crippen LogP contribution >= 0.6 is 11.3 Å². The molecule has 5 heteroatoms. The van der Waals surface area contributed by atoms with Crippen molar-refractivity contribution in [1.29, 1.82) is 0 Å². The molecule has 20 heavy (non-hydrogen) atoms. The van der Waals surface area contributed by atoms with E-state index in [2.05, 4.69) is 32.7 Å². The lowest BCUT2D eigenvalue weighted by molar-refractivity contribution is 0.149. The molecule has 2 aromatic rings. The van der Waals surface area contributed by atoms with Crippen molar-refractivity contribution in [2.45, 2.75) is 12.6 Å². The Balaban J connectivity index is 1.84. The lowest BCUT2D eigenvalue weighted by Gasteiger charge is -2.36. The molecular formula is C15H19N3OS. The Morgan fingerprint density at radius 1 is 1.45 bits per heavy atom. The van der Waals surface area contributed by atoms with Crippen molar-refractivity contribution in [3.63, 3.8) is 0 Å². The third kappa shape index (κ3) is 2.85. The summed E-state index contributed by atoms with van der Waals surface area (Å²) in [4.78, 5) is 6.88. The smallest absolute Gasteiger partial charge is 0.123 e. The number of aromatic nitrogens is 1. The zero-order valence-electron chi connectivity index (χ0n) is 11.6. The maximum atomic E-state index is 5.51. The molecule has 0 saturated carbocycles. The number of hydrogen-bond donors (Lipinski definition) is 1. The third-order valence-corrected chi connectivity index (χ3v) is 4.34. The summed E-state index contributed by atoms with van der Waals surface area (Å²) in [6, 6.07) is 8.62. The highest BCUT2D eigenvalue weighted by molar-refractivity contribution is 7.07. The van der Waals surface area contributed by atoms with Gasteiger partial charge in [0.2, 0.25) is 0 Å². The summed E-state index contributed by atoms with van der Waals surface area (Å²) in [7, 11) is 1.74. The summed E-state index contributed by atoms with van der Waals surface area (Å²) in [5.74, 6) is 0.962. The van der Waals surface area contributed by atoms with Gasteiger partial charge in [0.1, 0.15) is 5.75 Å². The van der Waals surface area contributed by atoms with Gasteiger partial charge in [0.25, 0.3) is 0 Å². The molecule has 3 rings (SSSR count). The van der Waals surface area contributed by atoms with E-state index < -0.39 is 0 Å². The van der Waals surface area contributed by atoms with Crippen molar-refractivity contribution in [3.8, 4) is 5.75 Å². The predicted molar refractivity (Wildman–Crippen MR) is 81.1 cm³/mol. The van der Waals surface area contributed by atoms with E-state index in [1.807, 2.05) is 17.6 Å². The molecule has 1 aliphatic heterocycles. The first-order valence-corrected chi connectivity index (χ1v) is 7.77. The van der Waals surface area contributed by atoms with Gasteiger partial charge in [-0.2, -0.15) is 0 Å². The molecule has 0 radical (unpaired) electrons. The van der Waals surface area contributed by atoms with Gasteiger partial charge in [-0.3, -0.25) is 4.90 Å². The fourth-order valence-corrected chi connectivity index (χ4v) is 3.26. The molecule has 1 aromatic heterocycles. The van der Waals surface area contributed by atoms with Crippen molar-refractivity contribution in [3.05, 3.63) is 46.4 Å². The second-order valence-electron chi connectivity index (χ2n) is 4.91. The van der Waals surface area contributed by atoms with Crippen LogP contribution in [-0.2, 0) is 6.54 Å². The van der Waals surface area contributed by atoms with Crippen LogP contribution in [0.2, 0.25) is 0 Å². The topological polar surface area (TPSA) is 37.4 Å². The Bertz CT molecular complexity index is 544. The third-order valence-electron chi connectivity index (χ3n) is 3.70. The highest BCUT2D eigenvalue weighted by Gasteiger charge is 2.26. The van der Waals surface area contributed by atoms with E-state index in [-0.39, 0.29) is 0 Å². The van der Waals surface area contributed by atoms with E-state index in [9.17, 15) is 0 Å². The molecule has 1 saturated heterocycles. The lowest BCUT2D eigenvalue weighted by Crippen LogP contribution is -2.45. The first-order chi connectivity index (χ1) is 9.88. The minimum atomic E-state index is 0.335. The highest BCUT2D eigenvalue weighted by atomic mass is 32.1. The maximum Gasteiger partial charge on any atom is 0.123 e. The Labute approximate surface area is 123 Å². The van der Waals surface area contributed by atoms with Crippen molar-refractivity contribution in [2.75, 3.05) is 26.7 Å². The molecule has 0 spiro atoms. The van der Waals surface area contributed by atoms with Gasteiger partial charge in [-0.25, -0.2) is 4.98 Å². The molecule has 1 fully saturated rings. The molecule has 2 heterocycles. The molecule has 1 N–H and O–H groups in total. The molecule has 1 atom stereocenters. The Hall–Kier alpha value is -1.43. The molecule has 106 valence electrons. The number of nitrogens with zero attached hydrogens (tertiary/aromatic N) is 2. The maximum absolute atomic E-state index is 5.51. The lowest BCUT2D eigenvalue weighted by atomic mass is 10.0.